The van der Waals surface area contributed by atoms with E-state index in [0.29, 0.717) is 12.1 Å². The van der Waals surface area contributed by atoms with Crippen molar-refractivity contribution in [2.45, 2.75) is 50.7 Å². The zero-order valence-electron chi connectivity index (χ0n) is 9.19. The molecule has 3 nitrogen and oxygen atoms in total. The predicted molar refractivity (Wildman–Crippen MR) is 62.3 cm³/mol. The normalized spacial score (nSPS) is 25.5. The van der Waals surface area contributed by atoms with Gasteiger partial charge in [-0.15, -0.1) is 0 Å². The van der Waals surface area contributed by atoms with Gasteiger partial charge in [-0.3, -0.25) is 9.69 Å². The number of hydrogen-bond acceptors (Lipinski definition) is 3. The summed E-state index contributed by atoms with van der Waals surface area (Å²) in [6, 6.07) is 0.777. The van der Waals surface area contributed by atoms with Gasteiger partial charge >= 0.3 is 5.97 Å². The van der Waals surface area contributed by atoms with Gasteiger partial charge in [0.25, 0.3) is 0 Å². The van der Waals surface area contributed by atoms with Gasteiger partial charge in [0.05, 0.1) is 0 Å². The first-order valence-electron chi connectivity index (χ1n) is 5.78. The van der Waals surface area contributed by atoms with Crippen molar-refractivity contribution in [1.82, 2.24) is 4.90 Å². The van der Waals surface area contributed by atoms with Crippen LogP contribution in [-0.4, -0.2) is 45.6 Å². The van der Waals surface area contributed by atoms with Crippen LogP contribution in [-0.2, 0) is 4.79 Å². The third-order valence-electron chi connectivity index (χ3n) is 3.39. The van der Waals surface area contributed by atoms with Gasteiger partial charge in [-0.05, 0) is 44.1 Å². The lowest BCUT2D eigenvalue weighted by Crippen LogP contribution is -2.48. The van der Waals surface area contributed by atoms with E-state index in [4.69, 9.17) is 5.11 Å². The number of carboxylic acids is 1. The zero-order chi connectivity index (χ0) is 10.8. The molecule has 1 aliphatic carbocycles. The number of carboxylic acid groups (broad SMARTS) is 1. The fourth-order valence-electron chi connectivity index (χ4n) is 2.41. The summed E-state index contributed by atoms with van der Waals surface area (Å²) in [6.45, 7) is 1.84. The first-order chi connectivity index (χ1) is 7.20. The van der Waals surface area contributed by atoms with Gasteiger partial charge < -0.3 is 5.11 Å². The van der Waals surface area contributed by atoms with Crippen LogP contribution in [0.3, 0.4) is 0 Å². The number of hydrogen-bond donors (Lipinski definition) is 1. The number of thioether (sulfide) groups is 1. The van der Waals surface area contributed by atoms with E-state index in [-0.39, 0.29) is 6.04 Å². The molecule has 1 heterocycles. The average molecular weight is 229 g/mol. The van der Waals surface area contributed by atoms with Crippen molar-refractivity contribution >= 4 is 17.7 Å². The van der Waals surface area contributed by atoms with Crippen LogP contribution in [0.5, 0.6) is 0 Å². The Morgan fingerprint density at radius 2 is 1.80 bits per heavy atom. The van der Waals surface area contributed by atoms with E-state index in [1.807, 2.05) is 18.7 Å². The molecule has 0 bridgehead atoms. The second-order valence-electron chi connectivity index (χ2n) is 4.54. The highest BCUT2D eigenvalue weighted by atomic mass is 32.2. The van der Waals surface area contributed by atoms with Crippen molar-refractivity contribution in [3.63, 3.8) is 0 Å². The van der Waals surface area contributed by atoms with Crippen molar-refractivity contribution < 1.29 is 9.90 Å². The molecule has 0 aromatic heterocycles. The fraction of sp³-hybridized carbons (Fsp3) is 0.909. The number of nitrogens with zero attached hydrogens (tertiary/aromatic N) is 1. The molecule has 2 rings (SSSR count). The first-order valence-corrected chi connectivity index (χ1v) is 6.93. The van der Waals surface area contributed by atoms with Crippen molar-refractivity contribution in [3.05, 3.63) is 0 Å². The lowest BCUT2D eigenvalue weighted by Gasteiger charge is -2.36. The van der Waals surface area contributed by atoms with Crippen molar-refractivity contribution in [1.29, 1.82) is 0 Å². The maximum atomic E-state index is 11.1. The smallest absolute Gasteiger partial charge is 0.320 e. The fourth-order valence-corrected chi connectivity index (χ4v) is 3.50. The van der Waals surface area contributed by atoms with Crippen LogP contribution in [0.4, 0.5) is 0 Å². The van der Waals surface area contributed by atoms with E-state index in [1.54, 1.807) is 0 Å². The predicted octanol–water partition coefficient (Wildman–Crippen LogP) is 1.82. The standard InChI is InChI=1S/C11H19NO2S/c1-8(11(13)14)12(9-2-3-9)10-4-6-15-7-5-10/h8-10H,2-7H2,1H3,(H,13,14). The molecule has 1 unspecified atom stereocenters. The Kier molecular flexibility index (Phi) is 3.57. The highest BCUT2D eigenvalue weighted by molar-refractivity contribution is 7.99. The Balaban J connectivity index is 2.00. The number of carbonyl (C=O) groups is 1. The van der Waals surface area contributed by atoms with Crippen LogP contribution in [0.15, 0.2) is 0 Å². The highest BCUT2D eigenvalue weighted by Gasteiger charge is 2.39. The van der Waals surface area contributed by atoms with Gasteiger partial charge in [-0.2, -0.15) is 11.8 Å². The van der Waals surface area contributed by atoms with Crippen molar-refractivity contribution in [3.8, 4) is 0 Å². The van der Waals surface area contributed by atoms with E-state index in [9.17, 15) is 4.79 Å². The van der Waals surface area contributed by atoms with Gasteiger partial charge in [0, 0.05) is 12.1 Å². The first kappa shape index (κ1) is 11.3. The Bertz CT molecular complexity index is 237. The van der Waals surface area contributed by atoms with Crippen LogP contribution in [0.25, 0.3) is 0 Å². The van der Waals surface area contributed by atoms with Gasteiger partial charge in [0.1, 0.15) is 6.04 Å². The molecule has 1 atom stereocenters. The summed E-state index contributed by atoms with van der Waals surface area (Å²) in [7, 11) is 0. The van der Waals surface area contributed by atoms with E-state index < -0.39 is 5.97 Å². The molecule has 2 aliphatic rings. The molecule has 0 spiro atoms. The summed E-state index contributed by atoms with van der Waals surface area (Å²) in [5, 5.41) is 9.11. The summed E-state index contributed by atoms with van der Waals surface area (Å²) in [5.41, 5.74) is 0. The second-order valence-corrected chi connectivity index (χ2v) is 5.76. The van der Waals surface area contributed by atoms with Crippen LogP contribution >= 0.6 is 11.8 Å². The summed E-state index contributed by atoms with van der Waals surface area (Å²) in [4.78, 5) is 13.3. The molecule has 0 amide bonds. The molecule has 0 aromatic carbocycles. The molecule has 1 saturated carbocycles. The molecule has 86 valence electrons. The maximum Gasteiger partial charge on any atom is 0.320 e. The minimum atomic E-state index is -0.667. The third-order valence-corrected chi connectivity index (χ3v) is 4.43. The molecular formula is C11H19NO2S. The molecule has 2 fully saturated rings. The van der Waals surface area contributed by atoms with E-state index in [0.717, 1.165) is 0 Å². The average Bonchev–Trinajstić information content (AvgIpc) is 3.04. The van der Waals surface area contributed by atoms with Crippen LogP contribution < -0.4 is 0 Å². The topological polar surface area (TPSA) is 40.5 Å². The molecule has 1 N–H and O–H groups in total. The second kappa shape index (κ2) is 4.74. The third kappa shape index (κ3) is 2.67. The summed E-state index contributed by atoms with van der Waals surface area (Å²) < 4.78 is 0. The van der Waals surface area contributed by atoms with E-state index in [2.05, 4.69) is 4.90 Å². The van der Waals surface area contributed by atoms with Crippen molar-refractivity contribution in [2.75, 3.05) is 11.5 Å². The minimum Gasteiger partial charge on any atom is -0.480 e. The summed E-state index contributed by atoms with van der Waals surface area (Å²) in [6.07, 6.45) is 4.72. The Morgan fingerprint density at radius 1 is 1.27 bits per heavy atom. The van der Waals surface area contributed by atoms with Gasteiger partial charge in [-0.1, -0.05) is 0 Å². The Hall–Kier alpha value is -0.220. The van der Waals surface area contributed by atoms with Gasteiger partial charge in [0.2, 0.25) is 0 Å². The van der Waals surface area contributed by atoms with E-state index in [1.165, 1.54) is 37.2 Å². The molecular weight excluding hydrogens is 210 g/mol. The molecule has 0 radical (unpaired) electrons. The number of aliphatic carboxylic acids is 1. The highest BCUT2D eigenvalue weighted by Crippen LogP contribution is 2.34. The minimum absolute atomic E-state index is 0.300. The maximum absolute atomic E-state index is 11.1. The van der Waals surface area contributed by atoms with Gasteiger partial charge in [0.15, 0.2) is 0 Å². The molecule has 15 heavy (non-hydrogen) atoms. The SMILES string of the molecule is CC(C(=O)O)N(C1CCSCC1)C1CC1. The molecule has 1 aliphatic heterocycles. The van der Waals surface area contributed by atoms with Crippen LogP contribution in [0.1, 0.15) is 32.6 Å². The summed E-state index contributed by atoms with van der Waals surface area (Å²) in [5.74, 6) is 1.72. The Labute approximate surface area is 95.2 Å². The number of rotatable bonds is 4. The van der Waals surface area contributed by atoms with Crippen LogP contribution in [0.2, 0.25) is 0 Å². The molecule has 0 aromatic rings. The summed E-state index contributed by atoms with van der Waals surface area (Å²) >= 11 is 1.99. The largest absolute Gasteiger partial charge is 0.480 e. The van der Waals surface area contributed by atoms with Crippen LogP contribution in [0, 0.1) is 0 Å². The van der Waals surface area contributed by atoms with Gasteiger partial charge in [-0.25, -0.2) is 0 Å². The molecule has 1 saturated heterocycles. The van der Waals surface area contributed by atoms with E-state index >= 15 is 0 Å². The Morgan fingerprint density at radius 3 is 2.27 bits per heavy atom. The lowest BCUT2D eigenvalue weighted by molar-refractivity contribution is -0.144. The monoisotopic (exact) mass is 229 g/mol. The van der Waals surface area contributed by atoms with Crippen molar-refractivity contribution in [2.24, 2.45) is 0 Å². The quantitative estimate of drug-likeness (QED) is 0.798. The molecule has 4 heteroatoms. The zero-order valence-corrected chi connectivity index (χ0v) is 10.0. The lowest BCUT2D eigenvalue weighted by atomic mass is 10.1.